The molecular formula is C18H24BrNO. The van der Waals surface area contributed by atoms with E-state index < -0.39 is 0 Å². The van der Waals surface area contributed by atoms with Crippen molar-refractivity contribution in [1.29, 1.82) is 0 Å². The van der Waals surface area contributed by atoms with Crippen molar-refractivity contribution in [3.63, 3.8) is 0 Å². The fraction of sp³-hybridized carbons (Fsp3) is 0.611. The third kappa shape index (κ3) is 2.90. The van der Waals surface area contributed by atoms with E-state index in [0.717, 1.165) is 34.5 Å². The maximum Gasteiger partial charge on any atom is 0.255 e. The average Bonchev–Trinajstić information content (AvgIpc) is 2.50. The number of hydrogen-bond donors (Lipinski definition) is 0. The van der Waals surface area contributed by atoms with E-state index in [1.54, 1.807) is 0 Å². The van der Waals surface area contributed by atoms with Crippen molar-refractivity contribution in [1.82, 2.24) is 4.90 Å². The van der Waals surface area contributed by atoms with Crippen LogP contribution in [-0.2, 0) is 0 Å². The van der Waals surface area contributed by atoms with Crippen LogP contribution in [0.1, 0.15) is 54.9 Å². The Labute approximate surface area is 136 Å². The van der Waals surface area contributed by atoms with Gasteiger partial charge in [-0.25, -0.2) is 0 Å². The summed E-state index contributed by atoms with van der Waals surface area (Å²) in [7, 11) is 0. The lowest BCUT2D eigenvalue weighted by Crippen LogP contribution is -2.52. The number of amides is 1. The summed E-state index contributed by atoms with van der Waals surface area (Å²) in [6.07, 6.45) is 6.24. The number of halogens is 1. The summed E-state index contributed by atoms with van der Waals surface area (Å²) in [5.74, 6) is 1.69. The normalized spacial score (nSPS) is 29.1. The predicted octanol–water partition coefficient (Wildman–Crippen LogP) is 4.80. The molecule has 0 aromatic heterocycles. The topological polar surface area (TPSA) is 20.3 Å². The highest BCUT2D eigenvalue weighted by Gasteiger charge is 2.39. The monoisotopic (exact) mass is 349 g/mol. The number of nitrogens with zero attached hydrogens (tertiary/aromatic N) is 1. The van der Waals surface area contributed by atoms with Crippen molar-refractivity contribution in [2.75, 3.05) is 6.54 Å². The van der Waals surface area contributed by atoms with Gasteiger partial charge in [-0.1, -0.05) is 31.4 Å². The first kappa shape index (κ1) is 15.1. The third-order valence-electron chi connectivity index (χ3n) is 5.35. The molecule has 2 fully saturated rings. The van der Waals surface area contributed by atoms with Crippen molar-refractivity contribution >= 4 is 21.8 Å². The lowest BCUT2D eigenvalue weighted by molar-refractivity contribution is 0.0217. The number of carbonyl (C=O) groups excluding carboxylic acids is 1. The number of carbonyl (C=O) groups is 1. The molecule has 0 spiro atoms. The summed E-state index contributed by atoms with van der Waals surface area (Å²) in [4.78, 5) is 15.2. The molecule has 3 heteroatoms. The van der Waals surface area contributed by atoms with E-state index in [1.165, 1.54) is 25.7 Å². The Morgan fingerprint density at radius 3 is 2.81 bits per heavy atom. The third-order valence-corrected chi connectivity index (χ3v) is 6.04. The molecule has 1 heterocycles. The number of aryl methyl sites for hydroxylation is 1. The largest absolute Gasteiger partial charge is 0.335 e. The summed E-state index contributed by atoms with van der Waals surface area (Å²) in [5.41, 5.74) is 1.97. The number of fused-ring (bicyclic) bond motifs is 1. The maximum absolute atomic E-state index is 13.0. The SMILES string of the molecule is Cc1ccc(Br)c(C(=O)N2CCC(C)C3CCCCC32)c1. The van der Waals surface area contributed by atoms with Crippen LogP contribution in [0.4, 0.5) is 0 Å². The van der Waals surface area contributed by atoms with Crippen LogP contribution in [0, 0.1) is 18.8 Å². The maximum atomic E-state index is 13.0. The highest BCUT2D eigenvalue weighted by Crippen LogP contribution is 2.39. The quantitative estimate of drug-likeness (QED) is 0.713. The smallest absolute Gasteiger partial charge is 0.255 e. The van der Waals surface area contributed by atoms with Crippen molar-refractivity contribution in [3.05, 3.63) is 33.8 Å². The fourth-order valence-corrected chi connectivity index (χ4v) is 4.54. The molecule has 3 rings (SSSR count). The minimum atomic E-state index is 0.217. The Hall–Kier alpha value is -0.830. The highest BCUT2D eigenvalue weighted by molar-refractivity contribution is 9.10. The lowest BCUT2D eigenvalue weighted by atomic mass is 9.72. The van der Waals surface area contributed by atoms with Crippen LogP contribution >= 0.6 is 15.9 Å². The van der Waals surface area contributed by atoms with Gasteiger partial charge >= 0.3 is 0 Å². The molecule has 1 amide bonds. The molecule has 3 atom stereocenters. The zero-order chi connectivity index (χ0) is 15.0. The first-order valence-corrected chi connectivity index (χ1v) is 8.94. The standard InChI is InChI=1S/C18H24BrNO/c1-12-7-8-16(19)15(11-12)18(21)20-10-9-13(2)14-5-3-4-6-17(14)20/h7-8,11,13-14,17H,3-6,9-10H2,1-2H3. The van der Waals surface area contributed by atoms with Gasteiger partial charge in [-0.15, -0.1) is 0 Å². The van der Waals surface area contributed by atoms with E-state index >= 15 is 0 Å². The molecule has 21 heavy (non-hydrogen) atoms. The molecule has 2 nitrogen and oxygen atoms in total. The number of hydrogen-bond acceptors (Lipinski definition) is 1. The molecule has 1 aromatic rings. The molecule has 2 aliphatic rings. The van der Waals surface area contributed by atoms with Crippen LogP contribution < -0.4 is 0 Å². The number of piperidine rings is 1. The number of benzene rings is 1. The van der Waals surface area contributed by atoms with E-state index in [-0.39, 0.29) is 5.91 Å². The van der Waals surface area contributed by atoms with E-state index in [1.807, 2.05) is 25.1 Å². The van der Waals surface area contributed by atoms with Crippen molar-refractivity contribution in [2.45, 2.75) is 52.0 Å². The summed E-state index contributed by atoms with van der Waals surface area (Å²) >= 11 is 3.55. The van der Waals surface area contributed by atoms with Crippen molar-refractivity contribution in [2.24, 2.45) is 11.8 Å². The Balaban J connectivity index is 1.88. The molecule has 3 unspecified atom stereocenters. The molecule has 1 saturated heterocycles. The molecule has 1 aromatic carbocycles. The van der Waals surface area contributed by atoms with E-state index in [9.17, 15) is 4.79 Å². The lowest BCUT2D eigenvalue weighted by Gasteiger charge is -2.47. The molecular weight excluding hydrogens is 326 g/mol. The van der Waals surface area contributed by atoms with Gasteiger partial charge in [0, 0.05) is 17.1 Å². The Bertz CT molecular complexity index is 542. The van der Waals surface area contributed by atoms with Gasteiger partial charge in [0.2, 0.25) is 0 Å². The fourth-order valence-electron chi connectivity index (χ4n) is 4.12. The van der Waals surface area contributed by atoms with Crippen LogP contribution in [0.25, 0.3) is 0 Å². The van der Waals surface area contributed by atoms with E-state index in [0.29, 0.717) is 12.0 Å². The van der Waals surface area contributed by atoms with Crippen LogP contribution in [0.15, 0.2) is 22.7 Å². The minimum Gasteiger partial charge on any atom is -0.335 e. The zero-order valence-electron chi connectivity index (χ0n) is 12.9. The molecule has 1 aliphatic carbocycles. The van der Waals surface area contributed by atoms with Crippen LogP contribution in [-0.4, -0.2) is 23.4 Å². The van der Waals surface area contributed by atoms with Crippen LogP contribution in [0.2, 0.25) is 0 Å². The number of rotatable bonds is 1. The van der Waals surface area contributed by atoms with E-state index in [4.69, 9.17) is 0 Å². The zero-order valence-corrected chi connectivity index (χ0v) is 14.5. The van der Waals surface area contributed by atoms with Gasteiger partial charge < -0.3 is 4.90 Å². The second-order valence-corrected chi connectivity index (χ2v) is 7.62. The molecule has 1 aliphatic heterocycles. The van der Waals surface area contributed by atoms with Gasteiger partial charge in [0.25, 0.3) is 5.91 Å². The summed E-state index contributed by atoms with van der Waals surface area (Å²) in [6, 6.07) is 6.51. The van der Waals surface area contributed by atoms with Gasteiger partial charge in [0.1, 0.15) is 0 Å². The van der Waals surface area contributed by atoms with Crippen LogP contribution in [0.3, 0.4) is 0 Å². The summed E-state index contributed by atoms with van der Waals surface area (Å²) in [5, 5.41) is 0. The molecule has 0 radical (unpaired) electrons. The Kier molecular flexibility index (Phi) is 4.39. The second kappa shape index (κ2) is 6.12. The predicted molar refractivity (Wildman–Crippen MR) is 89.4 cm³/mol. The van der Waals surface area contributed by atoms with Gasteiger partial charge in [-0.2, -0.15) is 0 Å². The van der Waals surface area contributed by atoms with Crippen molar-refractivity contribution in [3.8, 4) is 0 Å². The first-order valence-electron chi connectivity index (χ1n) is 8.15. The van der Waals surface area contributed by atoms with Crippen molar-refractivity contribution < 1.29 is 4.79 Å². The van der Waals surface area contributed by atoms with Gasteiger partial charge in [-0.3, -0.25) is 4.79 Å². The Morgan fingerprint density at radius 1 is 1.24 bits per heavy atom. The average molecular weight is 350 g/mol. The summed E-state index contributed by atoms with van der Waals surface area (Å²) in [6.45, 7) is 5.33. The van der Waals surface area contributed by atoms with Gasteiger partial charge in [-0.05, 0) is 66.1 Å². The molecule has 0 N–H and O–H groups in total. The minimum absolute atomic E-state index is 0.217. The summed E-state index contributed by atoms with van der Waals surface area (Å²) < 4.78 is 0.920. The molecule has 114 valence electrons. The molecule has 0 bridgehead atoms. The highest BCUT2D eigenvalue weighted by atomic mass is 79.9. The van der Waals surface area contributed by atoms with Gasteiger partial charge in [0.05, 0.1) is 5.56 Å². The van der Waals surface area contributed by atoms with E-state index in [2.05, 4.69) is 27.8 Å². The van der Waals surface area contributed by atoms with Gasteiger partial charge in [0.15, 0.2) is 0 Å². The van der Waals surface area contributed by atoms with Crippen LogP contribution in [0.5, 0.6) is 0 Å². The molecule has 1 saturated carbocycles. The second-order valence-electron chi connectivity index (χ2n) is 6.76. The number of likely N-dealkylation sites (tertiary alicyclic amines) is 1. The Morgan fingerprint density at radius 2 is 2.00 bits per heavy atom. The first-order chi connectivity index (χ1) is 10.1.